The number of hydrogen-bond donors (Lipinski definition) is 0. The van der Waals surface area contributed by atoms with Gasteiger partial charge in [-0.05, 0) is 50.3 Å². The molecule has 0 saturated heterocycles. The summed E-state index contributed by atoms with van der Waals surface area (Å²) in [6.45, 7) is 5.34. The van der Waals surface area contributed by atoms with Crippen LogP contribution in [0.2, 0.25) is 0 Å². The quantitative estimate of drug-likeness (QED) is 0.767. The maximum absolute atomic E-state index is 12.9. The van der Waals surface area contributed by atoms with Crippen molar-refractivity contribution >= 4 is 5.91 Å². The van der Waals surface area contributed by atoms with E-state index in [0.717, 1.165) is 5.56 Å². The molecule has 1 fully saturated rings. The van der Waals surface area contributed by atoms with Crippen molar-refractivity contribution in [1.29, 1.82) is 0 Å². The maximum Gasteiger partial charge on any atom is 0.249 e. The molecule has 0 N–H and O–H groups in total. The number of hydrogen-bond acceptors (Lipinski definition) is 2. The molecule has 110 valence electrons. The molecule has 4 heteroatoms. The van der Waals surface area contributed by atoms with Gasteiger partial charge in [0.2, 0.25) is 5.91 Å². The second-order valence-corrected chi connectivity index (χ2v) is 5.37. The lowest BCUT2D eigenvalue weighted by Gasteiger charge is -2.28. The van der Waals surface area contributed by atoms with Gasteiger partial charge in [0, 0.05) is 6.54 Å². The minimum absolute atomic E-state index is 0.00928. The highest BCUT2D eigenvalue weighted by Gasteiger charge is 2.23. The first-order valence-electron chi connectivity index (χ1n) is 7.24. The van der Waals surface area contributed by atoms with Crippen molar-refractivity contribution in [2.24, 2.45) is 5.92 Å². The molecule has 0 aliphatic heterocycles. The van der Waals surface area contributed by atoms with E-state index in [1.54, 1.807) is 17.0 Å². The third-order valence-electron chi connectivity index (χ3n) is 3.76. The van der Waals surface area contributed by atoms with Crippen molar-refractivity contribution in [3.63, 3.8) is 0 Å². The number of benzene rings is 1. The van der Waals surface area contributed by atoms with Gasteiger partial charge in [0.25, 0.3) is 0 Å². The van der Waals surface area contributed by atoms with Crippen LogP contribution in [-0.2, 0) is 9.53 Å². The highest BCUT2D eigenvalue weighted by molar-refractivity contribution is 5.77. The van der Waals surface area contributed by atoms with E-state index >= 15 is 0 Å². The third-order valence-corrected chi connectivity index (χ3v) is 3.76. The minimum Gasteiger partial charge on any atom is -0.371 e. The zero-order valence-corrected chi connectivity index (χ0v) is 12.1. The Labute approximate surface area is 119 Å². The predicted octanol–water partition coefficient (Wildman–Crippen LogP) is 3.16. The number of ether oxygens (including phenoxy) is 1. The molecular formula is C16H22FNO2. The first-order chi connectivity index (χ1) is 9.61. The molecule has 0 heterocycles. The molecule has 0 aromatic heterocycles. The van der Waals surface area contributed by atoms with Gasteiger partial charge in [0.15, 0.2) is 0 Å². The first-order valence-corrected chi connectivity index (χ1v) is 7.24. The summed E-state index contributed by atoms with van der Waals surface area (Å²) in [5.74, 6) is 0.389. The average molecular weight is 279 g/mol. The van der Waals surface area contributed by atoms with Gasteiger partial charge in [-0.2, -0.15) is 0 Å². The van der Waals surface area contributed by atoms with Crippen LogP contribution < -0.4 is 0 Å². The largest absolute Gasteiger partial charge is 0.371 e. The SMILES string of the molecule is CCN(C(=O)COCC1CC1)C(C)c1ccc(F)cc1. The summed E-state index contributed by atoms with van der Waals surface area (Å²) in [5.41, 5.74) is 0.934. The van der Waals surface area contributed by atoms with Gasteiger partial charge in [-0.15, -0.1) is 0 Å². The van der Waals surface area contributed by atoms with Crippen LogP contribution in [0, 0.1) is 11.7 Å². The molecule has 1 unspecified atom stereocenters. The molecule has 0 spiro atoms. The van der Waals surface area contributed by atoms with Gasteiger partial charge in [-0.3, -0.25) is 4.79 Å². The van der Waals surface area contributed by atoms with Crippen LogP contribution in [-0.4, -0.2) is 30.6 Å². The third kappa shape index (κ3) is 4.04. The van der Waals surface area contributed by atoms with Crippen LogP contribution in [0.3, 0.4) is 0 Å². The van der Waals surface area contributed by atoms with Crippen molar-refractivity contribution in [3.05, 3.63) is 35.6 Å². The van der Waals surface area contributed by atoms with Crippen LogP contribution in [0.15, 0.2) is 24.3 Å². The van der Waals surface area contributed by atoms with E-state index in [1.807, 2.05) is 13.8 Å². The highest BCUT2D eigenvalue weighted by atomic mass is 19.1. The standard InChI is InChI=1S/C16H22FNO2/c1-3-18(16(19)11-20-10-13-4-5-13)12(2)14-6-8-15(17)9-7-14/h6-9,12-13H,3-5,10-11H2,1-2H3. The van der Waals surface area contributed by atoms with E-state index < -0.39 is 0 Å². The lowest BCUT2D eigenvalue weighted by molar-refractivity contribution is -0.138. The lowest BCUT2D eigenvalue weighted by Crippen LogP contribution is -2.36. The van der Waals surface area contributed by atoms with Crippen molar-refractivity contribution in [3.8, 4) is 0 Å². The fourth-order valence-corrected chi connectivity index (χ4v) is 2.27. The van der Waals surface area contributed by atoms with Gasteiger partial charge < -0.3 is 9.64 Å². The number of nitrogens with zero attached hydrogens (tertiary/aromatic N) is 1. The van der Waals surface area contributed by atoms with Crippen molar-refractivity contribution in [1.82, 2.24) is 4.90 Å². The van der Waals surface area contributed by atoms with Crippen LogP contribution in [0.1, 0.15) is 38.3 Å². The lowest BCUT2D eigenvalue weighted by atomic mass is 10.1. The second-order valence-electron chi connectivity index (χ2n) is 5.37. The highest BCUT2D eigenvalue weighted by Crippen LogP contribution is 2.28. The van der Waals surface area contributed by atoms with E-state index in [-0.39, 0.29) is 24.4 Å². The van der Waals surface area contributed by atoms with E-state index in [1.165, 1.54) is 25.0 Å². The molecule has 1 saturated carbocycles. The molecule has 0 radical (unpaired) electrons. The van der Waals surface area contributed by atoms with E-state index in [0.29, 0.717) is 19.1 Å². The Bertz CT molecular complexity index is 442. The number of carbonyl (C=O) groups is 1. The second kappa shape index (κ2) is 6.84. The van der Waals surface area contributed by atoms with Gasteiger partial charge >= 0.3 is 0 Å². The number of halogens is 1. The normalized spacial score (nSPS) is 15.9. The van der Waals surface area contributed by atoms with Gasteiger partial charge in [0.05, 0.1) is 12.6 Å². The summed E-state index contributed by atoms with van der Waals surface area (Å²) < 4.78 is 18.4. The molecule has 1 aromatic rings. The summed E-state index contributed by atoms with van der Waals surface area (Å²) in [4.78, 5) is 13.9. The molecule has 1 aliphatic carbocycles. The van der Waals surface area contributed by atoms with Crippen molar-refractivity contribution in [2.75, 3.05) is 19.8 Å². The Kier molecular flexibility index (Phi) is 5.12. The van der Waals surface area contributed by atoms with Crippen LogP contribution in [0.4, 0.5) is 4.39 Å². The topological polar surface area (TPSA) is 29.5 Å². The summed E-state index contributed by atoms with van der Waals surface area (Å²) in [6.07, 6.45) is 2.44. The molecule has 1 amide bonds. The Morgan fingerprint density at radius 1 is 1.40 bits per heavy atom. The monoisotopic (exact) mass is 279 g/mol. The Hall–Kier alpha value is -1.42. The average Bonchev–Trinajstić information content (AvgIpc) is 3.24. The number of rotatable bonds is 7. The molecule has 20 heavy (non-hydrogen) atoms. The Morgan fingerprint density at radius 3 is 2.60 bits per heavy atom. The zero-order chi connectivity index (χ0) is 14.5. The van der Waals surface area contributed by atoms with Crippen LogP contribution in [0.5, 0.6) is 0 Å². The van der Waals surface area contributed by atoms with E-state index in [9.17, 15) is 9.18 Å². The zero-order valence-electron chi connectivity index (χ0n) is 12.1. The molecule has 1 atom stereocenters. The smallest absolute Gasteiger partial charge is 0.249 e. The minimum atomic E-state index is -0.261. The Morgan fingerprint density at radius 2 is 2.05 bits per heavy atom. The molecule has 1 aromatic carbocycles. The fraction of sp³-hybridized carbons (Fsp3) is 0.562. The fourth-order valence-electron chi connectivity index (χ4n) is 2.27. The van der Waals surface area contributed by atoms with Gasteiger partial charge in [-0.1, -0.05) is 12.1 Å². The van der Waals surface area contributed by atoms with Gasteiger partial charge in [0.1, 0.15) is 12.4 Å². The van der Waals surface area contributed by atoms with Gasteiger partial charge in [-0.25, -0.2) is 4.39 Å². The molecule has 3 nitrogen and oxygen atoms in total. The van der Waals surface area contributed by atoms with E-state index in [4.69, 9.17) is 4.74 Å². The van der Waals surface area contributed by atoms with Crippen molar-refractivity contribution in [2.45, 2.75) is 32.7 Å². The van der Waals surface area contributed by atoms with Crippen molar-refractivity contribution < 1.29 is 13.9 Å². The van der Waals surface area contributed by atoms with Crippen LogP contribution in [0.25, 0.3) is 0 Å². The molecule has 0 bridgehead atoms. The number of likely N-dealkylation sites (N-methyl/N-ethyl adjacent to an activating group) is 1. The first kappa shape index (κ1) is 15.0. The summed E-state index contributed by atoms with van der Waals surface area (Å²) in [5, 5.41) is 0. The number of carbonyl (C=O) groups excluding carboxylic acids is 1. The maximum atomic E-state index is 12.9. The van der Waals surface area contributed by atoms with E-state index in [2.05, 4.69) is 0 Å². The summed E-state index contributed by atoms with van der Waals surface area (Å²) in [6, 6.07) is 6.22. The summed E-state index contributed by atoms with van der Waals surface area (Å²) >= 11 is 0. The molecule has 2 rings (SSSR count). The van der Waals surface area contributed by atoms with Crippen LogP contribution >= 0.6 is 0 Å². The molecular weight excluding hydrogens is 257 g/mol. The summed E-state index contributed by atoms with van der Waals surface area (Å²) in [7, 11) is 0. The molecule has 1 aliphatic rings. The predicted molar refractivity (Wildman–Crippen MR) is 75.7 cm³/mol. The Balaban J connectivity index is 1.90. The number of amides is 1.